The normalized spacial score (nSPS) is 12.8. The summed E-state index contributed by atoms with van der Waals surface area (Å²) in [6, 6.07) is 16.6. The third-order valence-corrected chi connectivity index (χ3v) is 5.98. The van der Waals surface area contributed by atoms with Gasteiger partial charge in [0.1, 0.15) is 17.3 Å². The fraction of sp³-hybridized carbons (Fsp3) is 0.250. The summed E-state index contributed by atoms with van der Waals surface area (Å²) in [5.74, 6) is -1.84. The monoisotopic (exact) mass is 537 g/mol. The van der Waals surface area contributed by atoms with Crippen molar-refractivity contribution in [1.82, 2.24) is 4.98 Å². The molecule has 39 heavy (non-hydrogen) atoms. The number of hydrogen-bond acceptors (Lipinski definition) is 7. The van der Waals surface area contributed by atoms with E-state index in [2.05, 4.69) is 9.72 Å². The molecule has 0 N–H and O–H groups in total. The SMILES string of the molecule is COC(=O)N(C(=O)C1CC1)c1cc(-c2ccc(OC(F)(F)F)cc2)cc(C(=O)CCc2ccc(C#N)cc2)n1. The zero-order chi connectivity index (χ0) is 28.2. The number of aryl methyl sites for hydroxylation is 1. The van der Waals surface area contributed by atoms with E-state index in [9.17, 15) is 27.6 Å². The number of aromatic nitrogens is 1. The third-order valence-electron chi connectivity index (χ3n) is 5.98. The number of ether oxygens (including phenoxy) is 2. The maximum atomic E-state index is 13.2. The molecule has 3 aromatic rings. The van der Waals surface area contributed by atoms with Crippen LogP contribution in [0.1, 0.15) is 40.9 Å². The van der Waals surface area contributed by atoms with E-state index in [0.29, 0.717) is 36.0 Å². The van der Waals surface area contributed by atoms with Gasteiger partial charge in [-0.3, -0.25) is 9.59 Å². The lowest BCUT2D eigenvalue weighted by Crippen LogP contribution is -2.38. The van der Waals surface area contributed by atoms with Gasteiger partial charge in [-0.25, -0.2) is 9.78 Å². The molecule has 1 aliphatic carbocycles. The zero-order valence-electron chi connectivity index (χ0n) is 20.7. The quantitative estimate of drug-likeness (QED) is 0.332. The summed E-state index contributed by atoms with van der Waals surface area (Å²) in [4.78, 5) is 43.8. The highest BCUT2D eigenvalue weighted by Crippen LogP contribution is 2.34. The lowest BCUT2D eigenvalue weighted by molar-refractivity contribution is -0.274. The van der Waals surface area contributed by atoms with Crippen molar-refractivity contribution in [3.05, 3.63) is 77.5 Å². The first kappa shape index (κ1) is 27.3. The molecule has 11 heteroatoms. The van der Waals surface area contributed by atoms with Crippen LogP contribution in [0.2, 0.25) is 0 Å². The number of nitrogens with zero attached hydrogens (tertiary/aromatic N) is 3. The van der Waals surface area contributed by atoms with Crippen molar-refractivity contribution in [3.8, 4) is 22.9 Å². The van der Waals surface area contributed by atoms with Crippen LogP contribution >= 0.6 is 0 Å². The fourth-order valence-electron chi connectivity index (χ4n) is 3.82. The zero-order valence-corrected chi connectivity index (χ0v) is 20.7. The molecular formula is C28H22F3N3O5. The maximum absolute atomic E-state index is 13.2. The summed E-state index contributed by atoms with van der Waals surface area (Å²) >= 11 is 0. The van der Waals surface area contributed by atoms with Gasteiger partial charge in [0.15, 0.2) is 5.78 Å². The molecular weight excluding hydrogens is 515 g/mol. The number of halogens is 3. The highest BCUT2D eigenvalue weighted by Gasteiger charge is 2.38. The summed E-state index contributed by atoms with van der Waals surface area (Å²) in [5.41, 5.74) is 2.01. The van der Waals surface area contributed by atoms with Crippen LogP contribution < -0.4 is 9.64 Å². The van der Waals surface area contributed by atoms with E-state index in [0.717, 1.165) is 29.7 Å². The molecule has 1 heterocycles. The van der Waals surface area contributed by atoms with Crippen LogP contribution in [0, 0.1) is 17.2 Å². The van der Waals surface area contributed by atoms with Crippen LogP contribution in [0.25, 0.3) is 11.1 Å². The molecule has 0 aliphatic heterocycles. The number of carbonyl (C=O) groups is 3. The molecule has 8 nitrogen and oxygen atoms in total. The number of imide groups is 1. The number of nitriles is 1. The van der Waals surface area contributed by atoms with E-state index >= 15 is 0 Å². The van der Waals surface area contributed by atoms with Crippen LogP contribution in [-0.2, 0) is 16.0 Å². The molecule has 2 amide bonds. The summed E-state index contributed by atoms with van der Waals surface area (Å²) < 4.78 is 46.4. The lowest BCUT2D eigenvalue weighted by atomic mass is 10.0. The fourth-order valence-corrected chi connectivity index (χ4v) is 3.82. The van der Waals surface area contributed by atoms with E-state index in [1.165, 1.54) is 24.3 Å². The van der Waals surface area contributed by atoms with E-state index in [-0.39, 0.29) is 29.6 Å². The first-order valence-corrected chi connectivity index (χ1v) is 11.9. The Morgan fingerprint density at radius 2 is 1.69 bits per heavy atom. The third kappa shape index (κ3) is 6.98. The van der Waals surface area contributed by atoms with Crippen LogP contribution in [0.3, 0.4) is 0 Å². The molecule has 200 valence electrons. The molecule has 0 radical (unpaired) electrons. The molecule has 0 spiro atoms. The van der Waals surface area contributed by atoms with Gasteiger partial charge in [-0.1, -0.05) is 24.3 Å². The van der Waals surface area contributed by atoms with Crippen molar-refractivity contribution in [2.45, 2.75) is 32.0 Å². The van der Waals surface area contributed by atoms with Crippen LogP contribution in [0.5, 0.6) is 5.75 Å². The highest BCUT2D eigenvalue weighted by atomic mass is 19.4. The van der Waals surface area contributed by atoms with Gasteiger partial charge in [-0.05, 0) is 72.4 Å². The predicted octanol–water partition coefficient (Wildman–Crippen LogP) is 5.84. The molecule has 2 aromatic carbocycles. The summed E-state index contributed by atoms with van der Waals surface area (Å²) in [6.07, 6.45) is -4.25. The van der Waals surface area contributed by atoms with Gasteiger partial charge in [0.25, 0.3) is 0 Å². The van der Waals surface area contributed by atoms with Crippen molar-refractivity contribution in [2.75, 3.05) is 12.0 Å². The maximum Gasteiger partial charge on any atom is 0.573 e. The van der Waals surface area contributed by atoms with Crippen LogP contribution in [-0.4, -0.2) is 36.2 Å². The summed E-state index contributed by atoms with van der Waals surface area (Å²) in [7, 11) is 1.11. The molecule has 0 bridgehead atoms. The summed E-state index contributed by atoms with van der Waals surface area (Å²) in [6.45, 7) is 0. The smallest absolute Gasteiger partial charge is 0.452 e. The number of carbonyl (C=O) groups excluding carboxylic acids is 3. The number of rotatable bonds is 8. The minimum absolute atomic E-state index is 0.0367. The number of hydrogen-bond donors (Lipinski definition) is 0. The van der Waals surface area contributed by atoms with Crippen molar-refractivity contribution in [1.29, 1.82) is 5.26 Å². The first-order valence-electron chi connectivity index (χ1n) is 11.9. The van der Waals surface area contributed by atoms with Gasteiger partial charge in [-0.15, -0.1) is 13.2 Å². The lowest BCUT2D eigenvalue weighted by Gasteiger charge is -2.20. The number of pyridine rings is 1. The number of alkyl halides is 3. The number of Topliss-reactive ketones (excluding diaryl/α,β-unsaturated/α-hetero) is 1. The Hall–Kier alpha value is -4.72. The van der Waals surface area contributed by atoms with Crippen molar-refractivity contribution < 1.29 is 37.0 Å². The minimum atomic E-state index is -4.86. The second-order valence-corrected chi connectivity index (χ2v) is 8.82. The minimum Gasteiger partial charge on any atom is -0.452 e. The van der Waals surface area contributed by atoms with Crippen molar-refractivity contribution in [2.24, 2.45) is 5.92 Å². The molecule has 1 aliphatic rings. The number of methoxy groups -OCH3 is 1. The Bertz CT molecular complexity index is 1430. The topological polar surface area (TPSA) is 110 Å². The van der Waals surface area contributed by atoms with Gasteiger partial charge in [0.05, 0.1) is 18.7 Å². The van der Waals surface area contributed by atoms with E-state index in [4.69, 9.17) is 10.00 Å². The molecule has 1 aromatic heterocycles. The Morgan fingerprint density at radius 1 is 1.03 bits per heavy atom. The van der Waals surface area contributed by atoms with Gasteiger partial charge >= 0.3 is 12.5 Å². The molecule has 1 fully saturated rings. The van der Waals surface area contributed by atoms with Gasteiger partial charge in [0, 0.05) is 12.3 Å². The van der Waals surface area contributed by atoms with Crippen LogP contribution in [0.4, 0.5) is 23.8 Å². The number of amides is 2. The predicted molar refractivity (Wildman–Crippen MR) is 133 cm³/mol. The Labute approximate surface area is 221 Å². The van der Waals surface area contributed by atoms with E-state index in [1.54, 1.807) is 24.3 Å². The molecule has 4 rings (SSSR count). The van der Waals surface area contributed by atoms with E-state index < -0.39 is 24.1 Å². The average Bonchev–Trinajstić information content (AvgIpc) is 3.77. The van der Waals surface area contributed by atoms with E-state index in [1.807, 2.05) is 6.07 Å². The van der Waals surface area contributed by atoms with Crippen molar-refractivity contribution >= 4 is 23.6 Å². The van der Waals surface area contributed by atoms with Gasteiger partial charge < -0.3 is 9.47 Å². The molecule has 1 saturated carbocycles. The van der Waals surface area contributed by atoms with Gasteiger partial charge in [-0.2, -0.15) is 10.2 Å². The standard InChI is InChI=1S/C28H22F3N3O5/c1-38-27(37)34(26(36)20-7-8-20)25-15-21(19-9-11-22(12-10-19)39-28(29,30)31)14-23(33-25)24(35)13-6-17-2-4-18(16-32)5-3-17/h2-5,9-12,14-15,20H,6-8,13H2,1H3. The largest absolute Gasteiger partial charge is 0.573 e. The Kier molecular flexibility index (Phi) is 7.95. The molecule has 0 saturated heterocycles. The number of ketones is 1. The second kappa shape index (κ2) is 11.3. The van der Waals surface area contributed by atoms with Gasteiger partial charge in [0.2, 0.25) is 5.91 Å². The molecule has 0 unspecified atom stereocenters. The second-order valence-electron chi connectivity index (χ2n) is 8.82. The number of benzene rings is 2. The van der Waals surface area contributed by atoms with Crippen LogP contribution in [0.15, 0.2) is 60.7 Å². The average molecular weight is 537 g/mol. The first-order chi connectivity index (χ1) is 18.6. The number of anilines is 1. The van der Waals surface area contributed by atoms with Crippen molar-refractivity contribution in [3.63, 3.8) is 0 Å². The summed E-state index contributed by atoms with van der Waals surface area (Å²) in [5, 5.41) is 8.95. The Morgan fingerprint density at radius 3 is 2.26 bits per heavy atom. The Balaban J connectivity index is 1.69. The highest BCUT2D eigenvalue weighted by molar-refractivity contribution is 6.13. The molecule has 0 atom stereocenters.